The van der Waals surface area contributed by atoms with Gasteiger partial charge in [0.15, 0.2) is 0 Å². The highest BCUT2D eigenvalue weighted by molar-refractivity contribution is 7.87. The van der Waals surface area contributed by atoms with Crippen LogP contribution >= 0.6 is 18.7 Å². The molecule has 4 nitrogen and oxygen atoms in total. The highest BCUT2D eigenvalue weighted by Gasteiger charge is 2.27. The monoisotopic (exact) mass is 488 g/mol. The van der Waals surface area contributed by atoms with Crippen molar-refractivity contribution in [2.75, 3.05) is 0 Å². The van der Waals surface area contributed by atoms with E-state index in [-0.39, 0.29) is 16.2 Å². The molecule has 4 aromatic carbocycles. The van der Waals surface area contributed by atoms with E-state index in [1.165, 1.54) is 0 Å². The van der Waals surface area contributed by atoms with Gasteiger partial charge in [-0.2, -0.15) is 15.8 Å². The van der Waals surface area contributed by atoms with E-state index in [1.807, 2.05) is 60.7 Å². The van der Waals surface area contributed by atoms with Gasteiger partial charge in [-0.15, -0.1) is 0 Å². The number of hydrogen-bond acceptors (Lipinski definition) is 4. The van der Waals surface area contributed by atoms with Gasteiger partial charge in [0, 0.05) is 21.5 Å². The Labute approximate surface area is 209 Å². The summed E-state index contributed by atoms with van der Waals surface area (Å²) in [4.78, 5) is 0. The molecule has 0 aliphatic heterocycles. The van der Waals surface area contributed by atoms with Crippen LogP contribution in [0.25, 0.3) is 5.57 Å². The molecular formula is C29H18ClN4P. The molecule has 0 heterocycles. The van der Waals surface area contributed by atoms with Gasteiger partial charge in [-0.1, -0.05) is 103 Å². The molecule has 166 valence electrons. The van der Waals surface area contributed by atoms with E-state index in [2.05, 4.69) is 36.4 Å². The number of benzene rings is 4. The fraction of sp³-hybridized carbons (Fsp3) is 0. The van der Waals surface area contributed by atoms with Crippen LogP contribution in [-0.4, -0.2) is 0 Å². The summed E-state index contributed by atoms with van der Waals surface area (Å²) >= 11 is 6.58. The van der Waals surface area contributed by atoms with E-state index in [1.54, 1.807) is 30.3 Å². The minimum Gasteiger partial charge on any atom is -0.254 e. The largest absolute Gasteiger partial charge is 0.254 e. The lowest BCUT2D eigenvalue weighted by molar-refractivity contribution is 1.44. The third-order valence-corrected chi connectivity index (χ3v) is 9.44. The topological polar surface area (TPSA) is 83.7 Å². The molecule has 0 bridgehead atoms. The molecule has 0 amide bonds. The first-order chi connectivity index (χ1) is 17.1. The number of hydrogen-bond donors (Lipinski definition) is 0. The van der Waals surface area contributed by atoms with Crippen LogP contribution in [0.2, 0.25) is 5.02 Å². The maximum Gasteiger partial charge on any atom is 0.148 e. The zero-order valence-electron chi connectivity index (χ0n) is 18.5. The lowest BCUT2D eigenvalue weighted by atomic mass is 10.0. The lowest BCUT2D eigenvalue weighted by Gasteiger charge is -2.27. The van der Waals surface area contributed by atoms with Gasteiger partial charge in [-0.25, -0.2) is 0 Å². The van der Waals surface area contributed by atoms with Crippen LogP contribution < -0.4 is 15.9 Å². The summed E-state index contributed by atoms with van der Waals surface area (Å²) in [5.41, 5.74) is 0.631. The Bertz CT molecular complexity index is 1450. The Balaban J connectivity index is 2.05. The van der Waals surface area contributed by atoms with E-state index in [0.29, 0.717) is 11.3 Å². The predicted molar refractivity (Wildman–Crippen MR) is 142 cm³/mol. The van der Waals surface area contributed by atoms with Crippen molar-refractivity contribution in [2.45, 2.75) is 0 Å². The smallest absolute Gasteiger partial charge is 0.148 e. The minimum absolute atomic E-state index is 0.0539. The summed E-state index contributed by atoms with van der Waals surface area (Å²) in [5.74, 6) is 0. The highest BCUT2D eigenvalue weighted by Crippen LogP contribution is 2.49. The summed E-state index contributed by atoms with van der Waals surface area (Å²) in [5, 5.41) is 31.5. The molecule has 0 aliphatic carbocycles. The second-order valence-electron chi connectivity index (χ2n) is 7.49. The van der Waals surface area contributed by atoms with Crippen LogP contribution in [0.5, 0.6) is 0 Å². The molecule has 0 unspecified atom stereocenters. The standard InChI is InChI=1S/C29H18ClN4P/c30-29-18-23(16-17-27(29)28(21-33)22(19-31)20-32)34-35(24-10-4-1-5-11-24,25-12-6-2-7-13-25)26-14-8-3-9-15-26/h1-18H. The normalized spacial score (nSPS) is 10.3. The lowest BCUT2D eigenvalue weighted by Crippen LogP contribution is -2.25. The fourth-order valence-electron chi connectivity index (χ4n) is 3.88. The summed E-state index contributed by atoms with van der Waals surface area (Å²) in [6.07, 6.45) is 0. The molecule has 4 rings (SSSR count). The Hall–Kier alpha value is -4.39. The van der Waals surface area contributed by atoms with Crippen LogP contribution in [0.3, 0.4) is 0 Å². The minimum atomic E-state index is -2.49. The van der Waals surface area contributed by atoms with Gasteiger partial charge in [0.05, 0.1) is 23.3 Å². The van der Waals surface area contributed by atoms with Crippen molar-refractivity contribution in [3.8, 4) is 18.2 Å². The second kappa shape index (κ2) is 10.7. The summed E-state index contributed by atoms with van der Waals surface area (Å²) < 4.78 is 5.37. The van der Waals surface area contributed by atoms with Crippen molar-refractivity contribution in [3.63, 3.8) is 0 Å². The zero-order chi connectivity index (χ0) is 24.7. The van der Waals surface area contributed by atoms with Crippen molar-refractivity contribution in [1.29, 1.82) is 15.8 Å². The number of nitrogens with zero attached hydrogens (tertiary/aromatic N) is 4. The number of rotatable bonds is 5. The zero-order valence-corrected chi connectivity index (χ0v) is 20.2. The molecule has 0 aliphatic rings. The van der Waals surface area contributed by atoms with Crippen LogP contribution in [0.1, 0.15) is 5.56 Å². The van der Waals surface area contributed by atoms with Gasteiger partial charge in [0.1, 0.15) is 23.8 Å². The van der Waals surface area contributed by atoms with E-state index in [4.69, 9.17) is 16.3 Å². The summed E-state index contributed by atoms with van der Waals surface area (Å²) in [7, 11) is -2.49. The van der Waals surface area contributed by atoms with Crippen molar-refractivity contribution < 1.29 is 0 Å². The van der Waals surface area contributed by atoms with Crippen LogP contribution in [0, 0.1) is 34.0 Å². The van der Waals surface area contributed by atoms with Gasteiger partial charge >= 0.3 is 0 Å². The van der Waals surface area contributed by atoms with E-state index in [9.17, 15) is 15.8 Å². The predicted octanol–water partition coefficient (Wildman–Crippen LogP) is 6.47. The number of halogens is 1. The maximum absolute atomic E-state index is 9.55. The van der Waals surface area contributed by atoms with Crippen molar-refractivity contribution in [3.05, 3.63) is 125 Å². The van der Waals surface area contributed by atoms with Crippen LogP contribution in [0.4, 0.5) is 5.69 Å². The number of nitriles is 3. The molecule has 0 saturated heterocycles. The second-order valence-corrected chi connectivity index (χ2v) is 10.9. The molecule has 0 aromatic heterocycles. The van der Waals surface area contributed by atoms with Crippen LogP contribution in [-0.2, 0) is 0 Å². The molecule has 0 N–H and O–H groups in total. The first-order valence-electron chi connectivity index (χ1n) is 10.7. The Morgan fingerprint density at radius 2 is 1.09 bits per heavy atom. The Morgan fingerprint density at radius 1 is 0.629 bits per heavy atom. The van der Waals surface area contributed by atoms with Crippen molar-refractivity contribution in [1.82, 2.24) is 0 Å². The van der Waals surface area contributed by atoms with Crippen molar-refractivity contribution >= 4 is 45.8 Å². The summed E-state index contributed by atoms with van der Waals surface area (Å²) in [6.45, 7) is 0. The van der Waals surface area contributed by atoms with Gasteiger partial charge < -0.3 is 0 Å². The molecule has 4 aromatic rings. The maximum atomic E-state index is 9.55. The SMILES string of the molecule is N#CC(C#N)=C(C#N)c1ccc(N=P(c2ccccc2)(c2ccccc2)c2ccccc2)cc1Cl. The molecule has 0 radical (unpaired) electrons. The molecule has 35 heavy (non-hydrogen) atoms. The molecule has 0 atom stereocenters. The van der Waals surface area contributed by atoms with Crippen molar-refractivity contribution in [2.24, 2.45) is 4.74 Å². The van der Waals surface area contributed by atoms with E-state index >= 15 is 0 Å². The third-order valence-electron chi connectivity index (χ3n) is 5.46. The fourth-order valence-corrected chi connectivity index (χ4v) is 7.67. The highest BCUT2D eigenvalue weighted by atomic mass is 35.5. The molecule has 0 saturated carbocycles. The molecule has 0 spiro atoms. The van der Waals surface area contributed by atoms with Gasteiger partial charge in [0.2, 0.25) is 0 Å². The quantitative estimate of drug-likeness (QED) is 0.238. The third kappa shape index (κ3) is 4.66. The van der Waals surface area contributed by atoms with E-state index in [0.717, 1.165) is 15.9 Å². The first-order valence-corrected chi connectivity index (χ1v) is 12.8. The molecular weight excluding hydrogens is 471 g/mol. The Kier molecular flexibility index (Phi) is 7.26. The van der Waals surface area contributed by atoms with Gasteiger partial charge in [-0.3, -0.25) is 4.74 Å². The van der Waals surface area contributed by atoms with Gasteiger partial charge in [0.25, 0.3) is 0 Å². The van der Waals surface area contributed by atoms with E-state index < -0.39 is 7.05 Å². The first kappa shape index (κ1) is 23.8. The average molecular weight is 489 g/mol. The van der Waals surface area contributed by atoms with Gasteiger partial charge in [-0.05, 0) is 18.2 Å². The Morgan fingerprint density at radius 3 is 1.46 bits per heavy atom. The molecule has 6 heteroatoms. The molecule has 0 fully saturated rings. The summed E-state index contributed by atoms with van der Waals surface area (Å²) in [6, 6.07) is 41.1. The number of allylic oxidation sites excluding steroid dienone is 2. The van der Waals surface area contributed by atoms with Crippen LogP contribution in [0.15, 0.2) is 120 Å². The average Bonchev–Trinajstić information content (AvgIpc) is 2.92.